The molecule has 8 nitrogen and oxygen atoms in total. The molecule has 1 aromatic heterocycles. The molecule has 0 atom stereocenters. The molecule has 3 heterocycles. The molecule has 2 saturated heterocycles. The van der Waals surface area contributed by atoms with Gasteiger partial charge in [0.25, 0.3) is 0 Å². The second-order valence-corrected chi connectivity index (χ2v) is 10.9. The summed E-state index contributed by atoms with van der Waals surface area (Å²) in [6.07, 6.45) is 2.52. The van der Waals surface area contributed by atoms with Gasteiger partial charge in [0.2, 0.25) is 11.9 Å². The van der Waals surface area contributed by atoms with E-state index in [2.05, 4.69) is 49.6 Å². The fourth-order valence-corrected chi connectivity index (χ4v) is 5.38. The average molecular weight is 546 g/mol. The molecule has 1 aromatic carbocycles. The maximum atomic E-state index is 13.7. The van der Waals surface area contributed by atoms with Crippen molar-refractivity contribution in [3.05, 3.63) is 35.5 Å². The first-order chi connectivity index (χ1) is 18.8. The number of likely N-dealkylation sites (N-methyl/N-ethyl adjacent to an activating group) is 1. The topological polar surface area (TPSA) is 76.6 Å². The molecule has 5 rings (SSSR count). The molecule has 1 aliphatic carbocycles. The SMILES string of the molecule is CN1CCCN(c2ccc(Nc3ncc(C(F)(F)F)c(NCCCN4CCCCC4=O)n3)c(C3CC3)c2)CC1. The first kappa shape index (κ1) is 27.5. The summed E-state index contributed by atoms with van der Waals surface area (Å²) in [6.45, 7) is 5.59. The zero-order chi connectivity index (χ0) is 27.4. The van der Waals surface area contributed by atoms with E-state index < -0.39 is 11.7 Å². The second kappa shape index (κ2) is 12.0. The lowest BCUT2D eigenvalue weighted by Crippen LogP contribution is -2.36. The van der Waals surface area contributed by atoms with Crippen LogP contribution in [0, 0.1) is 0 Å². The largest absolute Gasteiger partial charge is 0.421 e. The van der Waals surface area contributed by atoms with Crippen molar-refractivity contribution in [2.75, 3.05) is 68.4 Å². The van der Waals surface area contributed by atoms with Gasteiger partial charge in [0.1, 0.15) is 11.4 Å². The predicted octanol–water partition coefficient (Wildman–Crippen LogP) is 5.07. The molecule has 2 N–H and O–H groups in total. The number of carbonyl (C=O) groups is 1. The van der Waals surface area contributed by atoms with Crippen LogP contribution >= 0.6 is 0 Å². The van der Waals surface area contributed by atoms with Crippen molar-refractivity contribution >= 4 is 29.0 Å². The van der Waals surface area contributed by atoms with Gasteiger partial charge >= 0.3 is 6.18 Å². The monoisotopic (exact) mass is 545 g/mol. The molecule has 3 aliphatic rings. The Morgan fingerprint density at radius 1 is 1.05 bits per heavy atom. The fraction of sp³-hybridized carbons (Fsp3) is 0.607. The zero-order valence-corrected chi connectivity index (χ0v) is 22.6. The number of piperidine rings is 1. The first-order valence-corrected chi connectivity index (χ1v) is 14.1. The van der Waals surface area contributed by atoms with Gasteiger partial charge < -0.3 is 25.3 Å². The minimum Gasteiger partial charge on any atom is -0.370 e. The number of carbonyl (C=O) groups excluding carboxylic acids is 1. The highest BCUT2D eigenvalue weighted by Gasteiger charge is 2.35. The molecule has 1 amide bonds. The highest BCUT2D eigenvalue weighted by Crippen LogP contribution is 2.45. The van der Waals surface area contributed by atoms with E-state index in [-0.39, 0.29) is 24.2 Å². The number of nitrogens with zero attached hydrogens (tertiary/aromatic N) is 5. The van der Waals surface area contributed by atoms with Crippen LogP contribution in [0.25, 0.3) is 0 Å². The van der Waals surface area contributed by atoms with Gasteiger partial charge in [-0.1, -0.05) is 0 Å². The number of halogens is 3. The molecule has 212 valence electrons. The van der Waals surface area contributed by atoms with Crippen LogP contribution in [0.2, 0.25) is 0 Å². The van der Waals surface area contributed by atoms with Gasteiger partial charge in [-0.3, -0.25) is 4.79 Å². The zero-order valence-electron chi connectivity index (χ0n) is 22.6. The van der Waals surface area contributed by atoms with E-state index in [1.54, 1.807) is 4.90 Å². The summed E-state index contributed by atoms with van der Waals surface area (Å²) in [5.41, 5.74) is 2.28. The highest BCUT2D eigenvalue weighted by atomic mass is 19.4. The molecular weight excluding hydrogens is 507 g/mol. The molecule has 2 aromatic rings. The van der Waals surface area contributed by atoms with E-state index in [4.69, 9.17) is 0 Å². The molecule has 3 fully saturated rings. The standard InChI is InChI=1S/C28H38F3N7O/c1-36-12-5-15-37(17-16-36)21-9-10-24(22(18-21)20-7-8-20)34-27-33-19-23(28(29,30)31)26(35-27)32-11-4-14-38-13-3-2-6-25(38)39/h9-10,18-20H,2-8,11-17H2,1H3,(H2,32,33,34,35). The van der Waals surface area contributed by atoms with Crippen molar-refractivity contribution in [1.29, 1.82) is 0 Å². The molecule has 11 heteroatoms. The smallest absolute Gasteiger partial charge is 0.370 e. The van der Waals surface area contributed by atoms with Gasteiger partial charge in [0.05, 0.1) is 0 Å². The number of likely N-dealkylation sites (tertiary alicyclic amines) is 1. The van der Waals surface area contributed by atoms with E-state index in [0.717, 1.165) is 75.7 Å². The fourth-order valence-electron chi connectivity index (χ4n) is 5.38. The number of amides is 1. The maximum absolute atomic E-state index is 13.7. The Morgan fingerprint density at radius 3 is 2.67 bits per heavy atom. The van der Waals surface area contributed by atoms with Crippen LogP contribution in [0.5, 0.6) is 0 Å². The Labute approximate surface area is 228 Å². The van der Waals surface area contributed by atoms with Crippen LogP contribution in [-0.2, 0) is 11.0 Å². The van der Waals surface area contributed by atoms with Crippen LogP contribution in [0.3, 0.4) is 0 Å². The molecule has 2 aliphatic heterocycles. The predicted molar refractivity (Wildman–Crippen MR) is 147 cm³/mol. The molecule has 1 saturated carbocycles. The van der Waals surface area contributed by atoms with Gasteiger partial charge in [-0.2, -0.15) is 18.2 Å². The van der Waals surface area contributed by atoms with Crippen molar-refractivity contribution in [1.82, 2.24) is 19.8 Å². The third-order valence-electron chi connectivity index (χ3n) is 7.80. The molecule has 0 spiro atoms. The Morgan fingerprint density at radius 2 is 1.90 bits per heavy atom. The summed E-state index contributed by atoms with van der Waals surface area (Å²) in [5, 5.41) is 6.05. The quantitative estimate of drug-likeness (QED) is 0.426. The number of alkyl halides is 3. The first-order valence-electron chi connectivity index (χ1n) is 14.1. The van der Waals surface area contributed by atoms with E-state index in [9.17, 15) is 18.0 Å². The normalized spacial score (nSPS) is 19.2. The maximum Gasteiger partial charge on any atom is 0.421 e. The Bertz CT molecular complexity index is 1150. The van der Waals surface area contributed by atoms with Gasteiger partial charge in [-0.25, -0.2) is 4.98 Å². The van der Waals surface area contributed by atoms with Crippen LogP contribution in [0.4, 0.5) is 36.3 Å². The second-order valence-electron chi connectivity index (χ2n) is 10.9. The van der Waals surface area contributed by atoms with Crippen molar-refractivity contribution in [3.8, 4) is 0 Å². The van der Waals surface area contributed by atoms with E-state index in [1.165, 1.54) is 5.69 Å². The average Bonchev–Trinajstić information content (AvgIpc) is 3.76. The van der Waals surface area contributed by atoms with Gasteiger partial charge in [0.15, 0.2) is 0 Å². The van der Waals surface area contributed by atoms with Gasteiger partial charge in [0, 0.05) is 63.3 Å². The summed E-state index contributed by atoms with van der Waals surface area (Å²) < 4.78 is 41.1. The number of benzene rings is 1. The lowest BCUT2D eigenvalue weighted by molar-refractivity contribution is -0.137. The lowest BCUT2D eigenvalue weighted by Gasteiger charge is -2.26. The number of hydrogen-bond donors (Lipinski definition) is 2. The summed E-state index contributed by atoms with van der Waals surface area (Å²) in [7, 11) is 2.15. The Balaban J connectivity index is 1.29. The van der Waals surface area contributed by atoms with Crippen LogP contribution in [-0.4, -0.2) is 78.5 Å². The van der Waals surface area contributed by atoms with Crippen molar-refractivity contribution in [3.63, 3.8) is 0 Å². The lowest BCUT2D eigenvalue weighted by atomic mass is 10.1. The minimum absolute atomic E-state index is 0.117. The summed E-state index contributed by atoms with van der Waals surface area (Å²) >= 11 is 0. The summed E-state index contributed by atoms with van der Waals surface area (Å²) in [6, 6.07) is 6.29. The van der Waals surface area contributed by atoms with Crippen LogP contribution in [0.15, 0.2) is 24.4 Å². The van der Waals surface area contributed by atoms with Gasteiger partial charge in [-0.15, -0.1) is 0 Å². The van der Waals surface area contributed by atoms with Crippen LogP contribution in [0.1, 0.15) is 62.0 Å². The van der Waals surface area contributed by atoms with Crippen molar-refractivity contribution in [2.45, 2.75) is 57.0 Å². The number of anilines is 4. The number of rotatable bonds is 9. The van der Waals surface area contributed by atoms with Crippen LogP contribution < -0.4 is 15.5 Å². The highest BCUT2D eigenvalue weighted by molar-refractivity contribution is 5.76. The van der Waals surface area contributed by atoms with Crippen molar-refractivity contribution < 1.29 is 18.0 Å². The Kier molecular flexibility index (Phi) is 8.44. The van der Waals surface area contributed by atoms with E-state index >= 15 is 0 Å². The summed E-state index contributed by atoms with van der Waals surface area (Å²) in [4.78, 5) is 26.8. The number of nitrogens with one attached hydrogen (secondary N) is 2. The van der Waals surface area contributed by atoms with E-state index in [0.29, 0.717) is 31.8 Å². The molecule has 0 bridgehead atoms. The molecule has 0 unspecified atom stereocenters. The van der Waals surface area contributed by atoms with E-state index in [1.807, 2.05) is 6.07 Å². The Hall–Kier alpha value is -3.08. The van der Waals surface area contributed by atoms with Crippen molar-refractivity contribution in [2.24, 2.45) is 0 Å². The third-order valence-corrected chi connectivity index (χ3v) is 7.80. The molecule has 0 radical (unpaired) electrons. The summed E-state index contributed by atoms with van der Waals surface area (Å²) in [5.74, 6) is 0.434. The molecular formula is C28H38F3N7O. The molecule has 39 heavy (non-hydrogen) atoms. The number of hydrogen-bond acceptors (Lipinski definition) is 7. The number of aromatic nitrogens is 2. The third kappa shape index (κ3) is 7.12. The minimum atomic E-state index is -4.58. The van der Waals surface area contributed by atoms with Gasteiger partial charge in [-0.05, 0) is 81.8 Å².